The van der Waals surface area contributed by atoms with Crippen LogP contribution in [0.3, 0.4) is 0 Å². The molecule has 2 aromatic carbocycles. The highest BCUT2D eigenvalue weighted by Gasteiger charge is 2.24. The van der Waals surface area contributed by atoms with Gasteiger partial charge < -0.3 is 15.4 Å². The van der Waals surface area contributed by atoms with Gasteiger partial charge in [-0.05, 0) is 31.9 Å². The lowest BCUT2D eigenvalue weighted by molar-refractivity contribution is 0.0674. The highest BCUT2D eigenvalue weighted by molar-refractivity contribution is 5.90. The van der Waals surface area contributed by atoms with Crippen LogP contribution < -0.4 is 10.6 Å². The molecule has 2 aromatic heterocycles. The summed E-state index contributed by atoms with van der Waals surface area (Å²) < 4.78 is 49.0. The summed E-state index contributed by atoms with van der Waals surface area (Å²) >= 11 is 0. The largest absolute Gasteiger partial charge is 0.381 e. The molecule has 0 saturated carbocycles. The molecule has 170 valence electrons. The minimum absolute atomic E-state index is 0.00170. The van der Waals surface area contributed by atoms with Gasteiger partial charge in [-0.15, -0.1) is 0 Å². The number of halogens is 3. The molecular weight excluding hydrogens is 433 g/mol. The third-order valence-electron chi connectivity index (χ3n) is 5.54. The lowest BCUT2D eigenvalue weighted by atomic mass is 10.1. The Morgan fingerprint density at radius 2 is 1.70 bits per heavy atom. The molecule has 0 bridgehead atoms. The Labute approximate surface area is 187 Å². The Bertz CT molecular complexity index is 1280. The summed E-state index contributed by atoms with van der Waals surface area (Å²) in [5.74, 6) is -2.56. The van der Waals surface area contributed by atoms with Gasteiger partial charge in [-0.2, -0.15) is 10.1 Å². The summed E-state index contributed by atoms with van der Waals surface area (Å²) in [5.41, 5.74) is 1.98. The van der Waals surface area contributed by atoms with E-state index >= 15 is 0 Å². The van der Waals surface area contributed by atoms with Crippen LogP contribution in [0.5, 0.6) is 0 Å². The molecule has 3 heterocycles. The Kier molecular flexibility index (Phi) is 5.59. The van der Waals surface area contributed by atoms with Gasteiger partial charge in [0.15, 0.2) is 23.1 Å². The maximum Gasteiger partial charge on any atom is 0.229 e. The topological polar surface area (TPSA) is 76.9 Å². The van der Waals surface area contributed by atoms with Gasteiger partial charge in [0.25, 0.3) is 0 Å². The Morgan fingerprint density at radius 1 is 1.00 bits per heavy atom. The molecule has 33 heavy (non-hydrogen) atoms. The third kappa shape index (κ3) is 4.34. The van der Waals surface area contributed by atoms with E-state index in [9.17, 15) is 13.2 Å². The van der Waals surface area contributed by atoms with Gasteiger partial charge in [-0.25, -0.2) is 22.8 Å². The second-order valence-electron chi connectivity index (χ2n) is 7.93. The number of aryl methyl sites for hydroxylation is 1. The van der Waals surface area contributed by atoms with E-state index in [1.807, 2.05) is 31.2 Å². The predicted molar refractivity (Wildman–Crippen MR) is 118 cm³/mol. The van der Waals surface area contributed by atoms with Crippen LogP contribution in [0.4, 0.5) is 36.3 Å². The second kappa shape index (κ2) is 8.70. The van der Waals surface area contributed by atoms with E-state index in [4.69, 9.17) is 4.74 Å². The number of ether oxygens (including phenoxy) is 1. The first kappa shape index (κ1) is 21.2. The number of rotatable bonds is 5. The molecule has 0 spiro atoms. The number of nitrogens with one attached hydrogen (secondary N) is 2. The fraction of sp³-hybridized carbons (Fsp3) is 0.261. The van der Waals surface area contributed by atoms with E-state index in [2.05, 4.69) is 25.7 Å². The van der Waals surface area contributed by atoms with Crippen LogP contribution in [0.1, 0.15) is 24.4 Å². The van der Waals surface area contributed by atoms with Gasteiger partial charge in [0.05, 0.1) is 11.4 Å². The van der Waals surface area contributed by atoms with Crippen molar-refractivity contribution in [1.29, 1.82) is 0 Å². The molecule has 0 radical (unpaired) electrons. The quantitative estimate of drug-likeness (QED) is 0.421. The zero-order chi connectivity index (χ0) is 22.9. The van der Waals surface area contributed by atoms with Crippen LogP contribution in [-0.2, 0) is 4.74 Å². The maximum absolute atomic E-state index is 14.3. The standard InChI is InChI=1S/C23H21F3N6O/c1-13-2-4-15(5-3-13)28-23-27-12-17-21(29-20-18(25)10-14(24)11-19(20)26)31-32(22(17)30-23)16-6-8-33-9-7-16/h2-5,10-12,16H,6-9H2,1H3,(H,29,31)(H,27,28,30). The van der Waals surface area contributed by atoms with Crippen molar-refractivity contribution in [2.24, 2.45) is 0 Å². The summed E-state index contributed by atoms with van der Waals surface area (Å²) in [4.78, 5) is 9.00. The minimum atomic E-state index is -1.06. The molecule has 1 aliphatic rings. The minimum Gasteiger partial charge on any atom is -0.381 e. The van der Waals surface area contributed by atoms with E-state index in [0.717, 1.165) is 24.1 Å². The second-order valence-corrected chi connectivity index (χ2v) is 7.93. The number of fused-ring (bicyclic) bond motifs is 1. The summed E-state index contributed by atoms with van der Waals surface area (Å²) in [7, 11) is 0. The average molecular weight is 454 g/mol. The summed E-state index contributed by atoms with van der Waals surface area (Å²) in [6, 6.07) is 9.02. The molecule has 0 unspecified atom stereocenters. The normalized spacial score (nSPS) is 14.5. The lowest BCUT2D eigenvalue weighted by Crippen LogP contribution is -2.21. The molecule has 0 aliphatic carbocycles. The summed E-state index contributed by atoms with van der Waals surface area (Å²) in [6.45, 7) is 3.16. The fourth-order valence-electron chi connectivity index (χ4n) is 3.81. The van der Waals surface area contributed by atoms with E-state index < -0.39 is 23.1 Å². The molecule has 1 saturated heterocycles. The van der Waals surface area contributed by atoms with Crippen molar-refractivity contribution >= 4 is 34.2 Å². The Morgan fingerprint density at radius 3 is 2.39 bits per heavy atom. The van der Waals surface area contributed by atoms with E-state index in [-0.39, 0.29) is 11.9 Å². The molecular formula is C23H21F3N6O. The van der Waals surface area contributed by atoms with Crippen molar-refractivity contribution in [2.75, 3.05) is 23.8 Å². The number of hydrogen-bond donors (Lipinski definition) is 2. The van der Waals surface area contributed by atoms with Crippen molar-refractivity contribution in [3.05, 3.63) is 65.6 Å². The summed E-state index contributed by atoms with van der Waals surface area (Å²) in [6.07, 6.45) is 2.99. The highest BCUT2D eigenvalue weighted by Crippen LogP contribution is 2.32. The molecule has 2 N–H and O–H groups in total. The molecule has 0 atom stereocenters. The average Bonchev–Trinajstić information content (AvgIpc) is 3.16. The molecule has 7 nitrogen and oxygen atoms in total. The van der Waals surface area contributed by atoms with Crippen molar-refractivity contribution in [1.82, 2.24) is 19.7 Å². The number of nitrogens with zero attached hydrogens (tertiary/aromatic N) is 4. The molecule has 10 heteroatoms. The molecule has 4 aromatic rings. The van der Waals surface area contributed by atoms with Crippen LogP contribution in [-0.4, -0.2) is 33.0 Å². The molecule has 1 aliphatic heterocycles. The monoisotopic (exact) mass is 454 g/mol. The zero-order valence-electron chi connectivity index (χ0n) is 17.8. The first-order valence-electron chi connectivity index (χ1n) is 10.6. The molecule has 5 rings (SSSR count). The SMILES string of the molecule is Cc1ccc(Nc2ncc3c(Nc4c(F)cc(F)cc4F)nn(C4CCOCC4)c3n2)cc1. The highest BCUT2D eigenvalue weighted by atomic mass is 19.1. The van der Waals surface area contributed by atoms with Gasteiger partial charge in [0.1, 0.15) is 11.5 Å². The van der Waals surface area contributed by atoms with Gasteiger partial charge in [-0.3, -0.25) is 0 Å². The van der Waals surface area contributed by atoms with Crippen molar-refractivity contribution in [3.63, 3.8) is 0 Å². The van der Waals surface area contributed by atoms with Gasteiger partial charge in [0, 0.05) is 37.2 Å². The Balaban J connectivity index is 1.56. The van der Waals surface area contributed by atoms with E-state index in [1.54, 1.807) is 10.9 Å². The Hall–Kier alpha value is -3.66. The fourth-order valence-corrected chi connectivity index (χ4v) is 3.81. The first-order valence-corrected chi connectivity index (χ1v) is 10.6. The molecule has 1 fully saturated rings. The molecule has 0 amide bonds. The third-order valence-corrected chi connectivity index (χ3v) is 5.54. The van der Waals surface area contributed by atoms with Gasteiger partial charge in [-0.1, -0.05) is 17.7 Å². The smallest absolute Gasteiger partial charge is 0.229 e. The first-order chi connectivity index (χ1) is 16.0. The van der Waals surface area contributed by atoms with Gasteiger partial charge >= 0.3 is 0 Å². The van der Waals surface area contributed by atoms with Crippen LogP contribution in [0.2, 0.25) is 0 Å². The predicted octanol–water partition coefficient (Wildman–Crippen LogP) is 5.39. The number of anilines is 4. The van der Waals surface area contributed by atoms with Crippen molar-refractivity contribution < 1.29 is 17.9 Å². The van der Waals surface area contributed by atoms with Crippen molar-refractivity contribution in [2.45, 2.75) is 25.8 Å². The number of hydrogen-bond acceptors (Lipinski definition) is 6. The summed E-state index contributed by atoms with van der Waals surface area (Å²) in [5, 5.41) is 10.9. The van der Waals surface area contributed by atoms with Crippen LogP contribution in [0, 0.1) is 24.4 Å². The zero-order valence-corrected chi connectivity index (χ0v) is 17.8. The van der Waals surface area contributed by atoms with E-state index in [1.165, 1.54) is 0 Å². The number of aromatic nitrogens is 4. The maximum atomic E-state index is 14.3. The van der Waals surface area contributed by atoms with Gasteiger partial charge in [0.2, 0.25) is 5.95 Å². The van der Waals surface area contributed by atoms with Crippen LogP contribution in [0.25, 0.3) is 11.0 Å². The van der Waals surface area contributed by atoms with Crippen LogP contribution >= 0.6 is 0 Å². The van der Waals surface area contributed by atoms with Crippen LogP contribution in [0.15, 0.2) is 42.6 Å². The lowest BCUT2D eigenvalue weighted by Gasteiger charge is -2.22. The van der Waals surface area contributed by atoms with Crippen molar-refractivity contribution in [3.8, 4) is 0 Å². The van der Waals surface area contributed by atoms with E-state index in [0.29, 0.717) is 42.3 Å². The number of benzene rings is 2.